The van der Waals surface area contributed by atoms with Gasteiger partial charge in [0.05, 0.1) is 27.1 Å². The molecule has 3 aromatic carbocycles. The van der Waals surface area contributed by atoms with Gasteiger partial charge in [0.25, 0.3) is 21.6 Å². The highest BCUT2D eigenvalue weighted by atomic mass is 35.5. The van der Waals surface area contributed by atoms with Gasteiger partial charge in [0.2, 0.25) is 5.91 Å². The molecule has 2 amide bonds. The van der Waals surface area contributed by atoms with E-state index in [1.807, 2.05) is 12.1 Å². The molecule has 0 spiro atoms. The summed E-state index contributed by atoms with van der Waals surface area (Å²) in [6.07, 6.45) is 7.35. The van der Waals surface area contributed by atoms with E-state index >= 15 is 0 Å². The van der Waals surface area contributed by atoms with Gasteiger partial charge in [-0.2, -0.15) is 0 Å². The van der Waals surface area contributed by atoms with Gasteiger partial charge in [-0.3, -0.25) is 29.6 Å². The number of benzene rings is 3. The van der Waals surface area contributed by atoms with Crippen LogP contribution in [0.4, 0.5) is 17.1 Å². The number of piperazine rings is 1. The number of carbonyl (C=O) groups is 2. The number of halogens is 1. The fourth-order valence-corrected chi connectivity index (χ4v) is 9.15. The molecular formula is C44H50ClN7O8S. The first kappa shape index (κ1) is 43.5. The van der Waals surface area contributed by atoms with Crippen LogP contribution >= 0.6 is 11.6 Å². The molecule has 0 saturated carbocycles. The molecule has 322 valence electrons. The van der Waals surface area contributed by atoms with E-state index in [-0.39, 0.29) is 39.6 Å². The first-order valence-electron chi connectivity index (χ1n) is 20.3. The van der Waals surface area contributed by atoms with E-state index in [2.05, 4.69) is 50.8 Å². The van der Waals surface area contributed by atoms with E-state index in [0.29, 0.717) is 37.9 Å². The Bertz CT molecular complexity index is 2430. The Morgan fingerprint density at radius 1 is 1.02 bits per heavy atom. The van der Waals surface area contributed by atoms with Crippen molar-refractivity contribution in [3.05, 3.63) is 117 Å². The van der Waals surface area contributed by atoms with Gasteiger partial charge in [-0.1, -0.05) is 43.2 Å². The number of hydrogen-bond acceptors (Lipinski definition) is 12. The average molecular weight is 872 g/mol. The number of ether oxygens (including phenoxy) is 2. The molecule has 3 aliphatic rings. The molecule has 1 aromatic heterocycles. The van der Waals surface area contributed by atoms with Crippen LogP contribution in [0.1, 0.15) is 72.2 Å². The number of nitro groups is 1. The molecule has 4 N–H and O–H groups in total. The van der Waals surface area contributed by atoms with Crippen LogP contribution in [0, 0.1) is 21.4 Å². The number of allylic oxidation sites excluding steroid dienone is 1. The standard InChI is InChI=1S/C44H50ClN7O8S/c1-44(2)14-11-31(38(24-44)30-3-5-33(45)6-4-30)28-50-15-17-51(18-16-50)34-7-9-37(41(22-34)60-35-21-32(42(46)53)26-47-27-35)43(54)49-61(57,58)36-8-10-39(40(23-36)52(55)56)48-25-29-12-19-59-20-13-29/h3-10,21-23,26-27,29,48H,11-20,24-25,28H2,1-2H3,(H2,46,53)(H,49,54). The SMILES string of the molecule is CC1(C)CCC(CN2CCN(c3ccc(C(=O)NS(=O)(=O)c4ccc(NCC5CCOCC5)c([N+](=O)[O-])c4)c(Oc4cncc(C(N)=O)c4)c3)CC2)=C(c2ccc(Cl)cc2)C1. The Morgan fingerprint density at radius 2 is 1.75 bits per heavy atom. The smallest absolute Gasteiger partial charge is 0.293 e. The van der Waals surface area contributed by atoms with E-state index in [0.717, 1.165) is 63.5 Å². The van der Waals surface area contributed by atoms with E-state index in [4.69, 9.17) is 26.8 Å². The molecule has 7 rings (SSSR count). The van der Waals surface area contributed by atoms with E-state index in [1.54, 1.807) is 12.1 Å². The summed E-state index contributed by atoms with van der Waals surface area (Å²) in [6, 6.07) is 17.7. The summed E-state index contributed by atoms with van der Waals surface area (Å²) < 4.78 is 40.8. The van der Waals surface area contributed by atoms with Crippen molar-refractivity contribution in [2.75, 3.05) is 62.7 Å². The third-order valence-electron chi connectivity index (χ3n) is 11.6. The zero-order chi connectivity index (χ0) is 43.3. The van der Waals surface area contributed by atoms with E-state index < -0.39 is 37.3 Å². The molecular weight excluding hydrogens is 822 g/mol. The van der Waals surface area contributed by atoms with Crippen LogP contribution in [0.2, 0.25) is 5.02 Å². The Labute approximate surface area is 360 Å². The molecule has 61 heavy (non-hydrogen) atoms. The molecule has 2 saturated heterocycles. The molecule has 4 aromatic rings. The lowest BCUT2D eigenvalue weighted by atomic mass is 9.72. The maximum Gasteiger partial charge on any atom is 0.293 e. The van der Waals surface area contributed by atoms with Gasteiger partial charge >= 0.3 is 0 Å². The summed E-state index contributed by atoms with van der Waals surface area (Å²) in [5.74, 6) is -1.42. The lowest BCUT2D eigenvalue weighted by Gasteiger charge is -2.39. The van der Waals surface area contributed by atoms with Crippen LogP contribution in [-0.2, 0) is 14.8 Å². The Hall–Kier alpha value is -5.55. The number of nitrogens with two attached hydrogens (primary N) is 1. The molecule has 15 nitrogen and oxygen atoms in total. The zero-order valence-corrected chi connectivity index (χ0v) is 35.8. The Morgan fingerprint density at radius 3 is 2.46 bits per heavy atom. The van der Waals surface area contributed by atoms with Crippen molar-refractivity contribution in [1.29, 1.82) is 0 Å². The van der Waals surface area contributed by atoms with Gasteiger partial charge in [-0.15, -0.1) is 0 Å². The first-order valence-corrected chi connectivity index (χ1v) is 22.2. The molecule has 0 unspecified atom stereocenters. The predicted molar refractivity (Wildman–Crippen MR) is 234 cm³/mol. The van der Waals surface area contributed by atoms with Crippen LogP contribution in [0.3, 0.4) is 0 Å². The number of aromatic nitrogens is 1. The van der Waals surface area contributed by atoms with Crippen LogP contribution < -0.4 is 25.4 Å². The molecule has 2 fully saturated rings. The van der Waals surface area contributed by atoms with Crippen molar-refractivity contribution in [2.24, 2.45) is 17.1 Å². The number of primary amides is 1. The normalized spacial score (nSPS) is 17.5. The number of pyridine rings is 1. The first-order chi connectivity index (χ1) is 29.1. The third-order valence-corrected chi connectivity index (χ3v) is 13.2. The van der Waals surface area contributed by atoms with Gasteiger partial charge in [0.15, 0.2) is 0 Å². The summed E-state index contributed by atoms with van der Waals surface area (Å²) in [7, 11) is -4.61. The van der Waals surface area contributed by atoms with Gasteiger partial charge in [-0.25, -0.2) is 13.1 Å². The zero-order valence-electron chi connectivity index (χ0n) is 34.2. The van der Waals surface area contributed by atoms with Crippen molar-refractivity contribution in [3.63, 3.8) is 0 Å². The summed E-state index contributed by atoms with van der Waals surface area (Å²) >= 11 is 6.22. The minimum Gasteiger partial charge on any atom is -0.455 e. The quantitative estimate of drug-likeness (QED) is 0.0847. The summed E-state index contributed by atoms with van der Waals surface area (Å²) in [5, 5.41) is 15.8. The van der Waals surface area contributed by atoms with Gasteiger partial charge < -0.3 is 25.4 Å². The number of rotatable bonds is 14. The number of sulfonamides is 1. The van der Waals surface area contributed by atoms with Crippen molar-refractivity contribution in [2.45, 2.75) is 50.8 Å². The second kappa shape index (κ2) is 18.6. The fourth-order valence-electron chi connectivity index (χ4n) is 8.03. The number of carbonyl (C=O) groups excluding carboxylic acids is 2. The topological polar surface area (TPSA) is 199 Å². The van der Waals surface area contributed by atoms with Crippen molar-refractivity contribution in [3.8, 4) is 11.5 Å². The van der Waals surface area contributed by atoms with Crippen molar-refractivity contribution >= 4 is 56.1 Å². The maximum atomic E-state index is 13.8. The van der Waals surface area contributed by atoms with E-state index in [9.17, 15) is 28.1 Å². The molecule has 0 radical (unpaired) electrons. The van der Waals surface area contributed by atoms with E-state index in [1.165, 1.54) is 53.4 Å². The Balaban J connectivity index is 1.09. The number of amides is 2. The number of nitrogens with one attached hydrogen (secondary N) is 2. The van der Waals surface area contributed by atoms with Crippen LogP contribution in [0.5, 0.6) is 11.5 Å². The van der Waals surface area contributed by atoms with Gasteiger partial charge in [0.1, 0.15) is 17.2 Å². The van der Waals surface area contributed by atoms with Crippen molar-refractivity contribution in [1.82, 2.24) is 14.6 Å². The monoisotopic (exact) mass is 871 g/mol. The molecule has 2 aliphatic heterocycles. The molecule has 0 bridgehead atoms. The summed E-state index contributed by atoms with van der Waals surface area (Å²) in [6.45, 7) is 10.1. The summed E-state index contributed by atoms with van der Waals surface area (Å²) in [5.41, 5.74) is 10.1. The lowest BCUT2D eigenvalue weighted by Crippen LogP contribution is -2.47. The fraction of sp³-hybridized carbons (Fsp3) is 0.386. The maximum absolute atomic E-state index is 13.8. The van der Waals surface area contributed by atoms with Crippen LogP contribution in [0.15, 0.2) is 89.6 Å². The average Bonchev–Trinajstić information content (AvgIpc) is 3.24. The Kier molecular flexibility index (Phi) is 13.3. The highest BCUT2D eigenvalue weighted by Gasteiger charge is 2.31. The van der Waals surface area contributed by atoms with Crippen molar-refractivity contribution < 1.29 is 32.4 Å². The molecule has 3 heterocycles. The minimum atomic E-state index is -4.61. The number of nitro benzene ring substituents is 1. The highest BCUT2D eigenvalue weighted by Crippen LogP contribution is 2.43. The molecule has 1 aliphatic carbocycles. The largest absolute Gasteiger partial charge is 0.455 e. The number of hydrogen-bond donors (Lipinski definition) is 3. The predicted octanol–water partition coefficient (Wildman–Crippen LogP) is 7.28. The number of nitrogens with zero attached hydrogens (tertiary/aromatic N) is 4. The minimum absolute atomic E-state index is 0.00252. The number of anilines is 2. The second-order valence-corrected chi connectivity index (χ2v) is 18.7. The summed E-state index contributed by atoms with van der Waals surface area (Å²) in [4.78, 5) is 45.3. The highest BCUT2D eigenvalue weighted by molar-refractivity contribution is 7.90. The lowest BCUT2D eigenvalue weighted by molar-refractivity contribution is -0.384. The van der Waals surface area contributed by atoms with Gasteiger partial charge in [-0.05, 0) is 97.0 Å². The second-order valence-electron chi connectivity index (χ2n) is 16.6. The third kappa shape index (κ3) is 10.9. The van der Waals surface area contributed by atoms with Gasteiger partial charge in [0, 0.05) is 81.5 Å². The van der Waals surface area contributed by atoms with Crippen LogP contribution in [-0.4, -0.2) is 87.5 Å². The molecule has 17 heteroatoms. The molecule has 0 atom stereocenters. The van der Waals surface area contributed by atoms with Crippen LogP contribution in [0.25, 0.3) is 5.57 Å².